The Labute approximate surface area is 299 Å². The van der Waals surface area contributed by atoms with Gasteiger partial charge in [0.25, 0.3) is 0 Å². The fourth-order valence-corrected chi connectivity index (χ4v) is 8.31. The third kappa shape index (κ3) is 4.38. The van der Waals surface area contributed by atoms with Crippen LogP contribution in [-0.2, 0) is 0 Å². The van der Waals surface area contributed by atoms with E-state index in [1.807, 2.05) is 24.3 Å². The zero-order valence-electron chi connectivity index (χ0n) is 28.1. The molecule has 11 aromatic rings. The average Bonchev–Trinajstić information content (AvgIpc) is 3.78. The molecule has 0 unspecified atom stereocenters. The van der Waals surface area contributed by atoms with Crippen molar-refractivity contribution in [2.24, 2.45) is 0 Å². The molecule has 0 radical (unpaired) electrons. The molecule has 2 nitrogen and oxygen atoms in total. The molecular weight excluding hydrogens is 633 g/mol. The molecule has 9 aromatic carbocycles. The van der Waals surface area contributed by atoms with Crippen LogP contribution in [0.3, 0.4) is 0 Å². The summed E-state index contributed by atoms with van der Waals surface area (Å²) in [5.74, 6) is 0. The van der Waals surface area contributed by atoms with Gasteiger partial charge in [-0.15, -0.1) is 0 Å². The molecule has 0 fully saturated rings. The molecule has 0 aliphatic carbocycles. The van der Waals surface area contributed by atoms with Gasteiger partial charge >= 0.3 is 0 Å². The normalized spacial score (nSPS) is 11.8. The smallest absolute Gasteiger partial charge is 0.135 e. The summed E-state index contributed by atoms with van der Waals surface area (Å²) < 4.78 is 12.3. The molecule has 0 amide bonds. The van der Waals surface area contributed by atoms with Gasteiger partial charge in [0.2, 0.25) is 0 Å². The molecular formula is C50H30O2. The van der Waals surface area contributed by atoms with Gasteiger partial charge in [-0.05, 0) is 102 Å². The molecule has 52 heavy (non-hydrogen) atoms. The Kier molecular flexibility index (Phi) is 6.28. The first kappa shape index (κ1) is 28.9. The highest BCUT2D eigenvalue weighted by Crippen LogP contribution is 2.47. The summed E-state index contributed by atoms with van der Waals surface area (Å²) in [6.45, 7) is 0. The van der Waals surface area contributed by atoms with Gasteiger partial charge < -0.3 is 8.83 Å². The van der Waals surface area contributed by atoms with Gasteiger partial charge in [-0.2, -0.15) is 0 Å². The summed E-state index contributed by atoms with van der Waals surface area (Å²) in [7, 11) is 0. The van der Waals surface area contributed by atoms with Crippen molar-refractivity contribution in [3.05, 3.63) is 182 Å². The van der Waals surface area contributed by atoms with Gasteiger partial charge in [0, 0.05) is 21.5 Å². The summed E-state index contributed by atoms with van der Waals surface area (Å²) in [6.07, 6.45) is 0. The van der Waals surface area contributed by atoms with Gasteiger partial charge in [-0.25, -0.2) is 0 Å². The zero-order valence-corrected chi connectivity index (χ0v) is 28.1. The van der Waals surface area contributed by atoms with Crippen molar-refractivity contribution < 1.29 is 8.83 Å². The van der Waals surface area contributed by atoms with Crippen LogP contribution < -0.4 is 0 Å². The molecule has 2 heteroatoms. The molecule has 242 valence electrons. The van der Waals surface area contributed by atoms with E-state index in [-0.39, 0.29) is 0 Å². The Hall–Kier alpha value is -6.90. The third-order valence-corrected chi connectivity index (χ3v) is 10.7. The number of hydrogen-bond acceptors (Lipinski definition) is 2. The van der Waals surface area contributed by atoms with Crippen molar-refractivity contribution >= 4 is 65.4 Å². The largest absolute Gasteiger partial charge is 0.456 e. The average molecular weight is 663 g/mol. The Balaban J connectivity index is 1.08. The molecule has 0 spiro atoms. The molecule has 0 saturated heterocycles. The van der Waals surface area contributed by atoms with E-state index in [0.29, 0.717) is 0 Å². The van der Waals surface area contributed by atoms with E-state index in [4.69, 9.17) is 8.83 Å². The quantitative estimate of drug-likeness (QED) is 0.175. The predicted octanol–water partition coefficient (Wildman–Crippen LogP) is 14.5. The van der Waals surface area contributed by atoms with Crippen LogP contribution in [0.4, 0.5) is 0 Å². The van der Waals surface area contributed by atoms with Crippen molar-refractivity contribution in [1.82, 2.24) is 0 Å². The van der Waals surface area contributed by atoms with E-state index in [1.54, 1.807) is 0 Å². The first-order valence-corrected chi connectivity index (χ1v) is 17.8. The zero-order chi connectivity index (χ0) is 34.2. The van der Waals surface area contributed by atoms with Crippen molar-refractivity contribution in [1.29, 1.82) is 0 Å². The summed E-state index contributed by atoms with van der Waals surface area (Å²) in [4.78, 5) is 0. The monoisotopic (exact) mass is 662 g/mol. The summed E-state index contributed by atoms with van der Waals surface area (Å²) in [5.41, 5.74) is 13.3. The molecule has 0 atom stereocenters. The molecule has 2 aromatic heterocycles. The highest BCUT2D eigenvalue weighted by atomic mass is 16.3. The minimum atomic E-state index is 0.907. The topological polar surface area (TPSA) is 26.3 Å². The molecule has 2 heterocycles. The van der Waals surface area contributed by atoms with Crippen LogP contribution in [0.25, 0.3) is 110 Å². The number of hydrogen-bond donors (Lipinski definition) is 0. The number of para-hydroxylation sites is 2. The number of furan rings is 2. The Bertz CT molecular complexity index is 3120. The number of fused-ring (bicyclic) bond motifs is 8. The van der Waals surface area contributed by atoms with Crippen LogP contribution in [0.15, 0.2) is 191 Å². The first-order valence-electron chi connectivity index (χ1n) is 17.8. The predicted molar refractivity (Wildman–Crippen MR) is 218 cm³/mol. The summed E-state index contributed by atoms with van der Waals surface area (Å²) in [6, 6.07) is 65.3. The third-order valence-electron chi connectivity index (χ3n) is 10.7. The van der Waals surface area contributed by atoms with E-state index in [2.05, 4.69) is 158 Å². The van der Waals surface area contributed by atoms with Crippen LogP contribution >= 0.6 is 0 Å². The second-order valence-corrected chi connectivity index (χ2v) is 13.6. The first-order chi connectivity index (χ1) is 25.8. The minimum Gasteiger partial charge on any atom is -0.456 e. The molecule has 11 rings (SSSR count). The maximum absolute atomic E-state index is 6.19. The van der Waals surface area contributed by atoms with Crippen molar-refractivity contribution in [2.45, 2.75) is 0 Å². The van der Waals surface area contributed by atoms with Crippen molar-refractivity contribution in [3.8, 4) is 44.5 Å². The van der Waals surface area contributed by atoms with Gasteiger partial charge in [0.15, 0.2) is 0 Å². The van der Waals surface area contributed by atoms with E-state index in [0.717, 1.165) is 43.9 Å². The molecule has 0 saturated carbocycles. The lowest BCUT2D eigenvalue weighted by Crippen LogP contribution is -1.92. The lowest BCUT2D eigenvalue weighted by Gasteiger charge is -2.20. The van der Waals surface area contributed by atoms with Crippen LogP contribution in [-0.4, -0.2) is 0 Å². The highest BCUT2D eigenvalue weighted by molar-refractivity contribution is 6.22. The minimum absolute atomic E-state index is 0.907. The van der Waals surface area contributed by atoms with E-state index in [1.165, 1.54) is 66.1 Å². The number of benzene rings is 9. The Morgan fingerprint density at radius 1 is 0.231 bits per heavy atom. The summed E-state index contributed by atoms with van der Waals surface area (Å²) >= 11 is 0. The van der Waals surface area contributed by atoms with Crippen LogP contribution in [0, 0.1) is 0 Å². The SMILES string of the molecule is c1ccc(-c2c3ccccc3c(-c3ccc(-c4ccc5oc6ccccc6c5c4)cc3)c3ccccc23)c(-c2ccc3oc4ccccc4c3c2)c1. The standard InChI is InChI=1S/C50H30O2/c1-2-14-38(35(11-1)34-26-28-48-44(30-34)37-13-8-10-20-46(37)52-48)50-41-17-5-3-15-39(41)49(40-16-4-6-18-42(40)50)32-23-21-31(22-24-32)33-25-27-47-43(29-33)36-12-7-9-19-45(36)51-47/h1-30H. The van der Waals surface area contributed by atoms with E-state index < -0.39 is 0 Å². The number of rotatable bonds is 4. The van der Waals surface area contributed by atoms with Gasteiger partial charge in [-0.3, -0.25) is 0 Å². The lowest BCUT2D eigenvalue weighted by molar-refractivity contribution is 0.668. The molecule has 0 aliphatic rings. The van der Waals surface area contributed by atoms with E-state index in [9.17, 15) is 0 Å². The second-order valence-electron chi connectivity index (χ2n) is 13.6. The van der Waals surface area contributed by atoms with Crippen molar-refractivity contribution in [2.75, 3.05) is 0 Å². The highest BCUT2D eigenvalue weighted by Gasteiger charge is 2.19. The Morgan fingerprint density at radius 2 is 0.615 bits per heavy atom. The maximum atomic E-state index is 6.19. The molecule has 0 bridgehead atoms. The molecule has 0 N–H and O–H groups in total. The van der Waals surface area contributed by atoms with Crippen LogP contribution in [0.5, 0.6) is 0 Å². The van der Waals surface area contributed by atoms with Crippen LogP contribution in [0.1, 0.15) is 0 Å². The van der Waals surface area contributed by atoms with Crippen LogP contribution in [0.2, 0.25) is 0 Å². The van der Waals surface area contributed by atoms with Gasteiger partial charge in [0.1, 0.15) is 22.3 Å². The van der Waals surface area contributed by atoms with Gasteiger partial charge in [-0.1, -0.05) is 146 Å². The Morgan fingerprint density at radius 3 is 1.19 bits per heavy atom. The fraction of sp³-hybridized carbons (Fsp3) is 0. The van der Waals surface area contributed by atoms with Gasteiger partial charge in [0.05, 0.1) is 0 Å². The molecule has 0 aliphatic heterocycles. The summed E-state index contributed by atoms with van der Waals surface area (Å²) in [5, 5.41) is 9.50. The van der Waals surface area contributed by atoms with E-state index >= 15 is 0 Å². The van der Waals surface area contributed by atoms with Crippen molar-refractivity contribution in [3.63, 3.8) is 0 Å². The fourth-order valence-electron chi connectivity index (χ4n) is 8.31. The second kappa shape index (κ2) is 11.3. The maximum Gasteiger partial charge on any atom is 0.135 e. The lowest BCUT2D eigenvalue weighted by atomic mass is 9.83.